The van der Waals surface area contributed by atoms with E-state index in [2.05, 4.69) is 15.2 Å². The summed E-state index contributed by atoms with van der Waals surface area (Å²) in [6, 6.07) is 3.59. The molecule has 1 aliphatic heterocycles. The first kappa shape index (κ1) is 16.0. The Labute approximate surface area is 137 Å². The average molecular weight is 337 g/mol. The van der Waals surface area contributed by atoms with E-state index < -0.39 is 11.6 Å². The number of aromatic nitrogens is 1. The second-order valence-electron chi connectivity index (χ2n) is 5.53. The van der Waals surface area contributed by atoms with E-state index in [4.69, 9.17) is 0 Å². The molecule has 1 aromatic heterocycles. The molecule has 1 N–H and O–H groups in total. The summed E-state index contributed by atoms with van der Waals surface area (Å²) in [5.74, 6) is -2.06. The van der Waals surface area contributed by atoms with Crippen molar-refractivity contribution in [2.24, 2.45) is 0 Å². The van der Waals surface area contributed by atoms with Crippen molar-refractivity contribution in [2.75, 3.05) is 13.1 Å². The van der Waals surface area contributed by atoms with Gasteiger partial charge in [0.1, 0.15) is 9.88 Å². The number of hydrogen-bond donors (Lipinski definition) is 1. The Balaban J connectivity index is 1.55. The Kier molecular flexibility index (Phi) is 4.97. The van der Waals surface area contributed by atoms with Gasteiger partial charge in [-0.2, -0.15) is 0 Å². The summed E-state index contributed by atoms with van der Waals surface area (Å²) >= 11 is 1.37. The highest BCUT2D eigenvalue weighted by Gasteiger charge is 2.16. The molecular weight excluding hydrogens is 320 g/mol. The summed E-state index contributed by atoms with van der Waals surface area (Å²) in [5, 5.41) is 3.62. The van der Waals surface area contributed by atoms with Gasteiger partial charge in [0.15, 0.2) is 11.6 Å². The highest BCUT2D eigenvalue weighted by atomic mass is 32.1. The molecule has 1 saturated heterocycles. The molecule has 1 amide bonds. The van der Waals surface area contributed by atoms with E-state index in [-0.39, 0.29) is 12.5 Å². The Morgan fingerprint density at radius 1 is 1.26 bits per heavy atom. The average Bonchev–Trinajstić information content (AvgIpc) is 3.20. The molecule has 0 aliphatic carbocycles. The molecule has 0 unspecified atom stereocenters. The number of thiazole rings is 1. The van der Waals surface area contributed by atoms with E-state index in [9.17, 15) is 13.6 Å². The van der Waals surface area contributed by atoms with Gasteiger partial charge in [-0.05, 0) is 43.6 Å². The zero-order valence-electron chi connectivity index (χ0n) is 12.5. The highest BCUT2D eigenvalue weighted by molar-refractivity contribution is 7.13. The van der Waals surface area contributed by atoms with Gasteiger partial charge in [-0.1, -0.05) is 6.07 Å². The van der Waals surface area contributed by atoms with E-state index in [0.717, 1.165) is 36.8 Å². The van der Waals surface area contributed by atoms with E-state index in [1.807, 2.05) is 0 Å². The second kappa shape index (κ2) is 7.14. The lowest BCUT2D eigenvalue weighted by Gasteiger charge is -2.11. The van der Waals surface area contributed by atoms with Crippen molar-refractivity contribution < 1.29 is 13.6 Å². The number of carbonyl (C=O) groups excluding carboxylic acids is 1. The number of nitrogens with zero attached hydrogens (tertiary/aromatic N) is 2. The summed E-state index contributed by atoms with van der Waals surface area (Å²) < 4.78 is 26.0. The molecule has 1 fully saturated rings. The molecule has 0 saturated carbocycles. The number of halogens is 2. The van der Waals surface area contributed by atoms with E-state index in [1.165, 1.54) is 30.2 Å². The van der Waals surface area contributed by atoms with Crippen molar-refractivity contribution in [1.82, 2.24) is 15.2 Å². The summed E-state index contributed by atoms with van der Waals surface area (Å²) in [6.07, 6.45) is 4.00. The summed E-state index contributed by atoms with van der Waals surface area (Å²) in [6.45, 7) is 3.09. The van der Waals surface area contributed by atoms with Gasteiger partial charge < -0.3 is 5.32 Å². The SMILES string of the molecule is O=C(NCc1ccc(F)c(F)c1)c1cnc(CN2CCCC2)s1. The van der Waals surface area contributed by atoms with Gasteiger partial charge in [0.2, 0.25) is 0 Å². The third-order valence-corrected chi connectivity index (χ3v) is 4.75. The quantitative estimate of drug-likeness (QED) is 0.912. The van der Waals surface area contributed by atoms with Crippen LogP contribution in [0.4, 0.5) is 8.78 Å². The van der Waals surface area contributed by atoms with Crippen molar-refractivity contribution in [3.05, 3.63) is 51.5 Å². The third kappa shape index (κ3) is 4.11. The Morgan fingerprint density at radius 3 is 2.78 bits per heavy atom. The number of rotatable bonds is 5. The predicted molar refractivity (Wildman–Crippen MR) is 84.2 cm³/mol. The van der Waals surface area contributed by atoms with Crippen LogP contribution in [0.3, 0.4) is 0 Å². The molecule has 0 radical (unpaired) electrons. The molecule has 4 nitrogen and oxygen atoms in total. The van der Waals surface area contributed by atoms with Crippen LogP contribution in [0.5, 0.6) is 0 Å². The van der Waals surface area contributed by atoms with E-state index >= 15 is 0 Å². The molecule has 3 rings (SSSR count). The topological polar surface area (TPSA) is 45.2 Å². The minimum Gasteiger partial charge on any atom is -0.347 e. The summed E-state index contributed by atoms with van der Waals surface area (Å²) in [7, 11) is 0. The normalized spacial score (nSPS) is 15.0. The number of nitrogens with one attached hydrogen (secondary N) is 1. The molecule has 0 bridgehead atoms. The van der Waals surface area contributed by atoms with Gasteiger partial charge in [0.25, 0.3) is 5.91 Å². The maximum Gasteiger partial charge on any atom is 0.263 e. The van der Waals surface area contributed by atoms with Gasteiger partial charge in [0, 0.05) is 6.54 Å². The fourth-order valence-electron chi connectivity index (χ4n) is 2.54. The minimum absolute atomic E-state index is 0.148. The van der Waals surface area contributed by atoms with Crippen molar-refractivity contribution in [1.29, 1.82) is 0 Å². The van der Waals surface area contributed by atoms with Gasteiger partial charge >= 0.3 is 0 Å². The third-order valence-electron chi connectivity index (χ3n) is 3.77. The van der Waals surface area contributed by atoms with Crippen LogP contribution in [0, 0.1) is 11.6 Å². The molecule has 2 aromatic rings. The largest absolute Gasteiger partial charge is 0.347 e. The number of hydrogen-bond acceptors (Lipinski definition) is 4. The van der Waals surface area contributed by atoms with Crippen LogP contribution in [-0.2, 0) is 13.1 Å². The smallest absolute Gasteiger partial charge is 0.263 e. The maximum absolute atomic E-state index is 13.1. The fourth-order valence-corrected chi connectivity index (χ4v) is 3.42. The van der Waals surface area contributed by atoms with Crippen molar-refractivity contribution in [3.63, 3.8) is 0 Å². The molecule has 122 valence electrons. The lowest BCUT2D eigenvalue weighted by Crippen LogP contribution is -2.22. The zero-order valence-corrected chi connectivity index (χ0v) is 13.3. The van der Waals surface area contributed by atoms with Crippen molar-refractivity contribution in [2.45, 2.75) is 25.9 Å². The minimum atomic E-state index is -0.914. The maximum atomic E-state index is 13.1. The first-order chi connectivity index (χ1) is 11.1. The number of likely N-dealkylation sites (tertiary alicyclic amines) is 1. The monoisotopic (exact) mass is 337 g/mol. The number of carbonyl (C=O) groups is 1. The van der Waals surface area contributed by atoms with Crippen LogP contribution in [-0.4, -0.2) is 28.9 Å². The van der Waals surface area contributed by atoms with Crippen LogP contribution >= 0.6 is 11.3 Å². The van der Waals surface area contributed by atoms with Crippen molar-refractivity contribution >= 4 is 17.2 Å². The van der Waals surface area contributed by atoms with Gasteiger partial charge in [-0.15, -0.1) is 11.3 Å². The lowest BCUT2D eigenvalue weighted by atomic mass is 10.2. The van der Waals surface area contributed by atoms with Crippen LogP contribution in [0.2, 0.25) is 0 Å². The molecule has 1 aliphatic rings. The lowest BCUT2D eigenvalue weighted by molar-refractivity contribution is 0.0954. The predicted octanol–water partition coefficient (Wildman–Crippen LogP) is 2.95. The molecule has 1 aromatic carbocycles. The molecule has 2 heterocycles. The van der Waals surface area contributed by atoms with Gasteiger partial charge in [-0.25, -0.2) is 13.8 Å². The van der Waals surface area contributed by atoms with E-state index in [0.29, 0.717) is 10.4 Å². The van der Waals surface area contributed by atoms with Crippen LogP contribution in [0.25, 0.3) is 0 Å². The molecule has 23 heavy (non-hydrogen) atoms. The zero-order chi connectivity index (χ0) is 16.2. The van der Waals surface area contributed by atoms with Crippen LogP contribution < -0.4 is 5.32 Å². The van der Waals surface area contributed by atoms with Gasteiger partial charge in [0.05, 0.1) is 12.7 Å². The standard InChI is InChI=1S/C16H17F2N3OS/c17-12-4-3-11(7-13(12)18)8-20-16(22)14-9-19-15(23-14)10-21-5-1-2-6-21/h3-4,7,9H,1-2,5-6,8,10H2,(H,20,22). The second-order valence-corrected chi connectivity index (χ2v) is 6.65. The summed E-state index contributed by atoms with van der Waals surface area (Å²) in [5.41, 5.74) is 0.513. The molecular formula is C16H17F2N3OS. The number of benzene rings is 1. The van der Waals surface area contributed by atoms with Crippen molar-refractivity contribution in [3.8, 4) is 0 Å². The highest BCUT2D eigenvalue weighted by Crippen LogP contribution is 2.18. The summed E-state index contributed by atoms with van der Waals surface area (Å²) in [4.78, 5) is 19.2. The van der Waals surface area contributed by atoms with Crippen LogP contribution in [0.15, 0.2) is 24.4 Å². The Bertz CT molecular complexity index is 698. The number of amides is 1. The first-order valence-electron chi connectivity index (χ1n) is 7.51. The molecule has 0 spiro atoms. The first-order valence-corrected chi connectivity index (χ1v) is 8.32. The van der Waals surface area contributed by atoms with Gasteiger partial charge in [-0.3, -0.25) is 9.69 Å². The fraction of sp³-hybridized carbons (Fsp3) is 0.375. The molecule has 0 atom stereocenters. The molecule has 7 heteroatoms. The Hall–Kier alpha value is -1.86. The van der Waals surface area contributed by atoms with E-state index in [1.54, 1.807) is 6.20 Å². The Morgan fingerprint density at radius 2 is 2.04 bits per heavy atom. The van der Waals surface area contributed by atoms with Crippen LogP contribution in [0.1, 0.15) is 33.1 Å².